The molecule has 2 aromatic rings. The number of carbonyl (C=O) groups is 1. The summed E-state index contributed by atoms with van der Waals surface area (Å²) >= 11 is 4.80. The molecule has 2 rings (SSSR count). The summed E-state index contributed by atoms with van der Waals surface area (Å²) in [6, 6.07) is 9.06. The summed E-state index contributed by atoms with van der Waals surface area (Å²) in [5, 5.41) is 0. The number of benzene rings is 1. The minimum atomic E-state index is 0.0253. The number of hydrogen-bond donors (Lipinski definition) is 1. The van der Waals surface area contributed by atoms with Crippen molar-refractivity contribution in [3.63, 3.8) is 0 Å². The van der Waals surface area contributed by atoms with Crippen molar-refractivity contribution < 1.29 is 4.79 Å². The lowest BCUT2D eigenvalue weighted by atomic mass is 10.1. The van der Waals surface area contributed by atoms with Gasteiger partial charge in [-0.1, -0.05) is 0 Å². The largest absolute Gasteiger partial charge is 0.398 e. The molecule has 0 aliphatic rings. The Morgan fingerprint density at radius 1 is 1.31 bits per heavy atom. The Hall–Kier alpha value is -1.13. The van der Waals surface area contributed by atoms with Gasteiger partial charge in [-0.15, -0.1) is 11.3 Å². The van der Waals surface area contributed by atoms with Crippen LogP contribution in [0.25, 0.3) is 0 Å². The minimum absolute atomic E-state index is 0.0253. The summed E-state index contributed by atoms with van der Waals surface area (Å²) in [5.41, 5.74) is 6.96. The molecular formula is C12H10BrNOS. The highest BCUT2D eigenvalue weighted by Crippen LogP contribution is 2.24. The van der Waals surface area contributed by atoms with Crippen LogP contribution in [0.1, 0.15) is 20.1 Å². The van der Waals surface area contributed by atoms with E-state index in [2.05, 4.69) is 15.9 Å². The maximum absolute atomic E-state index is 12.1. The fraction of sp³-hybridized carbons (Fsp3) is 0.0833. The van der Waals surface area contributed by atoms with E-state index in [9.17, 15) is 4.79 Å². The third-order valence-electron chi connectivity index (χ3n) is 2.22. The quantitative estimate of drug-likeness (QED) is 0.679. The monoisotopic (exact) mass is 295 g/mol. The van der Waals surface area contributed by atoms with Crippen molar-refractivity contribution in [3.05, 3.63) is 50.1 Å². The Morgan fingerprint density at radius 3 is 2.62 bits per heavy atom. The molecule has 0 atom stereocenters. The smallest absolute Gasteiger partial charge is 0.203 e. The number of halogens is 1. The normalized spacial score (nSPS) is 10.4. The van der Waals surface area contributed by atoms with E-state index in [1.54, 1.807) is 18.2 Å². The van der Waals surface area contributed by atoms with Crippen LogP contribution in [0.15, 0.2) is 34.8 Å². The standard InChI is InChI=1S/C12H10BrNOS/c1-7-2-5-11(16-7)12(15)8-3-4-9(13)10(14)6-8/h2-6H,14H2,1H3. The van der Waals surface area contributed by atoms with Gasteiger partial charge in [-0.2, -0.15) is 0 Å². The Kier molecular flexibility index (Phi) is 3.12. The zero-order valence-corrected chi connectivity index (χ0v) is 11.1. The molecule has 4 heteroatoms. The lowest BCUT2D eigenvalue weighted by Gasteiger charge is -2.01. The van der Waals surface area contributed by atoms with Gasteiger partial charge in [-0.05, 0) is 53.2 Å². The van der Waals surface area contributed by atoms with Crippen LogP contribution in [0.5, 0.6) is 0 Å². The van der Waals surface area contributed by atoms with E-state index >= 15 is 0 Å². The van der Waals surface area contributed by atoms with Crippen LogP contribution in [0.3, 0.4) is 0 Å². The van der Waals surface area contributed by atoms with Crippen molar-refractivity contribution in [3.8, 4) is 0 Å². The van der Waals surface area contributed by atoms with Crippen molar-refractivity contribution in [2.24, 2.45) is 0 Å². The van der Waals surface area contributed by atoms with E-state index < -0.39 is 0 Å². The summed E-state index contributed by atoms with van der Waals surface area (Å²) in [5.74, 6) is 0.0253. The molecule has 0 aliphatic heterocycles. The maximum Gasteiger partial charge on any atom is 0.203 e. The number of aryl methyl sites for hydroxylation is 1. The molecule has 0 aliphatic carbocycles. The summed E-state index contributed by atoms with van der Waals surface area (Å²) in [6.07, 6.45) is 0. The molecule has 0 unspecified atom stereocenters. The van der Waals surface area contributed by atoms with Gasteiger partial charge in [0.15, 0.2) is 0 Å². The second-order valence-electron chi connectivity index (χ2n) is 3.48. The molecule has 2 nitrogen and oxygen atoms in total. The summed E-state index contributed by atoms with van der Waals surface area (Å²) in [7, 11) is 0. The van der Waals surface area contributed by atoms with Gasteiger partial charge < -0.3 is 5.73 Å². The highest BCUT2D eigenvalue weighted by molar-refractivity contribution is 9.10. The highest BCUT2D eigenvalue weighted by Gasteiger charge is 2.11. The molecular weight excluding hydrogens is 286 g/mol. The first-order valence-electron chi connectivity index (χ1n) is 4.74. The average molecular weight is 296 g/mol. The molecule has 1 aromatic heterocycles. The molecule has 16 heavy (non-hydrogen) atoms. The van der Waals surface area contributed by atoms with Crippen molar-refractivity contribution in [1.29, 1.82) is 0 Å². The average Bonchev–Trinajstić information content (AvgIpc) is 2.68. The molecule has 0 saturated heterocycles. The van der Waals surface area contributed by atoms with Crippen LogP contribution < -0.4 is 5.73 Å². The molecule has 0 fully saturated rings. The number of anilines is 1. The molecule has 1 aromatic carbocycles. The lowest BCUT2D eigenvalue weighted by Crippen LogP contribution is -1.99. The van der Waals surface area contributed by atoms with Gasteiger partial charge >= 0.3 is 0 Å². The minimum Gasteiger partial charge on any atom is -0.398 e. The molecule has 82 valence electrons. The number of nitrogen functional groups attached to an aromatic ring is 1. The molecule has 0 bridgehead atoms. The van der Waals surface area contributed by atoms with E-state index in [1.807, 2.05) is 19.1 Å². The van der Waals surface area contributed by atoms with Crippen molar-refractivity contribution in [1.82, 2.24) is 0 Å². The number of hydrogen-bond acceptors (Lipinski definition) is 3. The fourth-order valence-corrected chi connectivity index (χ4v) is 2.46. The Labute approximate surface area is 106 Å². The van der Waals surface area contributed by atoms with E-state index in [-0.39, 0.29) is 5.78 Å². The third kappa shape index (κ3) is 2.18. The number of thiophene rings is 1. The summed E-state index contributed by atoms with van der Waals surface area (Å²) in [4.78, 5) is 13.9. The van der Waals surface area contributed by atoms with Crippen LogP contribution in [-0.4, -0.2) is 5.78 Å². The Bertz CT molecular complexity index is 548. The number of nitrogens with two attached hydrogens (primary N) is 1. The predicted molar refractivity (Wildman–Crippen MR) is 71.0 cm³/mol. The van der Waals surface area contributed by atoms with Gasteiger partial charge in [0, 0.05) is 20.6 Å². The lowest BCUT2D eigenvalue weighted by molar-refractivity contribution is 0.104. The van der Waals surface area contributed by atoms with E-state index in [0.717, 1.165) is 14.2 Å². The van der Waals surface area contributed by atoms with Gasteiger partial charge in [-0.25, -0.2) is 0 Å². The zero-order chi connectivity index (χ0) is 11.7. The highest BCUT2D eigenvalue weighted by atomic mass is 79.9. The summed E-state index contributed by atoms with van der Waals surface area (Å²) < 4.78 is 0.811. The van der Waals surface area contributed by atoms with Crippen molar-refractivity contribution in [2.75, 3.05) is 5.73 Å². The molecule has 2 N–H and O–H groups in total. The van der Waals surface area contributed by atoms with Crippen LogP contribution in [0.4, 0.5) is 5.69 Å². The first-order valence-corrected chi connectivity index (χ1v) is 6.35. The fourth-order valence-electron chi connectivity index (χ4n) is 1.38. The SMILES string of the molecule is Cc1ccc(C(=O)c2ccc(Br)c(N)c2)s1. The van der Waals surface area contributed by atoms with E-state index in [0.29, 0.717) is 11.3 Å². The number of ketones is 1. The molecule has 0 spiro atoms. The van der Waals surface area contributed by atoms with Gasteiger partial charge in [-0.3, -0.25) is 4.79 Å². The van der Waals surface area contributed by atoms with Gasteiger partial charge in [0.05, 0.1) is 4.88 Å². The van der Waals surface area contributed by atoms with E-state index in [4.69, 9.17) is 5.73 Å². The second-order valence-corrected chi connectivity index (χ2v) is 5.62. The zero-order valence-electron chi connectivity index (χ0n) is 8.66. The number of rotatable bonds is 2. The molecule has 0 amide bonds. The first kappa shape index (κ1) is 11.4. The summed E-state index contributed by atoms with van der Waals surface area (Å²) in [6.45, 7) is 1.98. The third-order valence-corrected chi connectivity index (χ3v) is 3.94. The van der Waals surface area contributed by atoms with Gasteiger partial charge in [0.1, 0.15) is 0 Å². The van der Waals surface area contributed by atoms with Crippen LogP contribution in [0, 0.1) is 6.92 Å². The Balaban J connectivity index is 2.38. The number of carbonyl (C=O) groups excluding carboxylic acids is 1. The van der Waals surface area contributed by atoms with Crippen LogP contribution >= 0.6 is 27.3 Å². The van der Waals surface area contributed by atoms with Crippen LogP contribution in [0.2, 0.25) is 0 Å². The molecule has 0 radical (unpaired) electrons. The first-order chi connectivity index (χ1) is 7.58. The van der Waals surface area contributed by atoms with E-state index in [1.165, 1.54) is 11.3 Å². The van der Waals surface area contributed by atoms with Gasteiger partial charge in [0.2, 0.25) is 5.78 Å². The Morgan fingerprint density at radius 2 is 2.06 bits per heavy atom. The second kappa shape index (κ2) is 4.39. The predicted octanol–water partition coefficient (Wildman–Crippen LogP) is 3.63. The molecule has 0 saturated carbocycles. The molecule has 1 heterocycles. The topological polar surface area (TPSA) is 43.1 Å². The van der Waals surface area contributed by atoms with Crippen molar-refractivity contribution >= 4 is 38.7 Å². The van der Waals surface area contributed by atoms with Crippen molar-refractivity contribution in [2.45, 2.75) is 6.92 Å². The van der Waals surface area contributed by atoms with Gasteiger partial charge in [0.25, 0.3) is 0 Å². The maximum atomic E-state index is 12.1. The van der Waals surface area contributed by atoms with Crippen LogP contribution in [-0.2, 0) is 0 Å².